The van der Waals surface area contributed by atoms with Gasteiger partial charge in [0, 0.05) is 56.0 Å². The van der Waals surface area contributed by atoms with Crippen LogP contribution in [0.5, 0.6) is 5.75 Å². The molecule has 3 aliphatic heterocycles. The highest BCUT2D eigenvalue weighted by molar-refractivity contribution is 6.05. The van der Waals surface area contributed by atoms with Gasteiger partial charge in [0.15, 0.2) is 0 Å². The van der Waals surface area contributed by atoms with Crippen LogP contribution < -0.4 is 20.6 Å². The average molecular weight is 491 g/mol. The average Bonchev–Trinajstić information content (AvgIpc) is 3.43. The van der Waals surface area contributed by atoms with Crippen LogP contribution in [-0.4, -0.2) is 57.7 Å². The van der Waals surface area contributed by atoms with Gasteiger partial charge in [-0.25, -0.2) is 4.39 Å². The highest BCUT2D eigenvalue weighted by Crippen LogP contribution is 2.31. The topological polar surface area (TPSA) is 91.8 Å². The van der Waals surface area contributed by atoms with Crippen molar-refractivity contribution in [1.82, 2.24) is 20.1 Å². The van der Waals surface area contributed by atoms with Crippen LogP contribution in [0.25, 0.3) is 11.9 Å². The number of amides is 3. The molecule has 1 aromatic heterocycles. The van der Waals surface area contributed by atoms with Crippen LogP contribution in [0.15, 0.2) is 30.5 Å². The third kappa shape index (κ3) is 4.28. The fourth-order valence-corrected chi connectivity index (χ4v) is 5.57. The minimum atomic E-state index is -0.627. The van der Waals surface area contributed by atoms with Gasteiger partial charge < -0.3 is 9.64 Å². The summed E-state index contributed by atoms with van der Waals surface area (Å²) in [4.78, 5) is 44.9. The zero-order valence-corrected chi connectivity index (χ0v) is 19.8. The molecule has 1 unspecified atom stereocenters. The maximum absolute atomic E-state index is 14.2. The van der Waals surface area contributed by atoms with Gasteiger partial charge in [-0.15, -0.1) is 0 Å². The fraction of sp³-hybridized carbons (Fsp3) is 0.407. The van der Waals surface area contributed by atoms with E-state index in [1.54, 1.807) is 12.1 Å². The van der Waals surface area contributed by atoms with Gasteiger partial charge in [0.2, 0.25) is 11.8 Å². The number of piperidine rings is 1. The number of imide groups is 1. The molecule has 0 spiro atoms. The molecule has 3 amide bonds. The van der Waals surface area contributed by atoms with Crippen molar-refractivity contribution in [2.45, 2.75) is 57.3 Å². The van der Waals surface area contributed by atoms with Crippen molar-refractivity contribution in [2.24, 2.45) is 0 Å². The van der Waals surface area contributed by atoms with Crippen molar-refractivity contribution in [1.29, 1.82) is 0 Å². The zero-order valence-electron chi connectivity index (χ0n) is 19.8. The molecule has 2 fully saturated rings. The number of benzene rings is 1. The van der Waals surface area contributed by atoms with Gasteiger partial charge in [0.25, 0.3) is 5.91 Å². The Bertz CT molecular complexity index is 1390. The molecule has 36 heavy (non-hydrogen) atoms. The number of nitrogens with zero attached hydrogens (tertiary/aromatic N) is 3. The number of halogens is 1. The molecule has 2 saturated heterocycles. The number of ether oxygens (including phenoxy) is 1. The van der Waals surface area contributed by atoms with Gasteiger partial charge in [-0.1, -0.05) is 6.08 Å². The lowest BCUT2D eigenvalue weighted by Gasteiger charge is -2.29. The number of nitrogens with one attached hydrogen (secondary N) is 1. The van der Waals surface area contributed by atoms with E-state index in [0.717, 1.165) is 36.0 Å². The minimum absolute atomic E-state index is 0.00797. The summed E-state index contributed by atoms with van der Waals surface area (Å²) in [5, 5.41) is 3.67. The second-order valence-corrected chi connectivity index (χ2v) is 9.91. The van der Waals surface area contributed by atoms with E-state index in [1.165, 1.54) is 4.90 Å². The second-order valence-electron chi connectivity index (χ2n) is 9.91. The van der Waals surface area contributed by atoms with Crippen LogP contribution in [0.1, 0.15) is 53.6 Å². The largest absolute Gasteiger partial charge is 0.489 e. The predicted molar refractivity (Wildman–Crippen MR) is 128 cm³/mol. The first kappa shape index (κ1) is 22.8. The molecule has 1 N–H and O–H groups in total. The van der Waals surface area contributed by atoms with Crippen LogP contribution >= 0.6 is 0 Å². The fourth-order valence-electron chi connectivity index (χ4n) is 5.57. The van der Waals surface area contributed by atoms with E-state index in [-0.39, 0.29) is 30.2 Å². The molecule has 1 aliphatic carbocycles. The van der Waals surface area contributed by atoms with Gasteiger partial charge in [-0.2, -0.15) is 0 Å². The Hall–Kier alpha value is -3.59. The van der Waals surface area contributed by atoms with Crippen LogP contribution in [0, 0.1) is 0 Å². The third-order valence-electron chi connectivity index (χ3n) is 7.40. The van der Waals surface area contributed by atoms with E-state index in [9.17, 15) is 18.8 Å². The Morgan fingerprint density at radius 2 is 2.03 bits per heavy atom. The Morgan fingerprint density at radius 3 is 2.89 bits per heavy atom. The lowest BCUT2D eigenvalue weighted by Crippen LogP contribution is -2.52. The Balaban J connectivity index is 1.09. The number of hydrogen-bond donors (Lipinski definition) is 1. The Morgan fingerprint density at radius 1 is 1.14 bits per heavy atom. The lowest BCUT2D eigenvalue weighted by molar-refractivity contribution is -0.136. The quantitative estimate of drug-likeness (QED) is 0.633. The first-order valence-corrected chi connectivity index (χ1v) is 12.4. The summed E-state index contributed by atoms with van der Waals surface area (Å²) in [7, 11) is 0. The van der Waals surface area contributed by atoms with Gasteiger partial charge in [-0.3, -0.25) is 29.6 Å². The van der Waals surface area contributed by atoms with Crippen LogP contribution in [-0.2, 0) is 22.7 Å². The second kappa shape index (κ2) is 9.13. The maximum atomic E-state index is 14.2. The Labute approximate surface area is 207 Å². The highest BCUT2D eigenvalue weighted by atomic mass is 19.1. The first-order chi connectivity index (χ1) is 17.4. The van der Waals surface area contributed by atoms with Crippen LogP contribution in [0.3, 0.4) is 0 Å². The molecule has 4 aliphatic rings. The SMILES string of the molecule is O=C1CCC(N2Cc3cc(O[C@H]4CCN(Cc5cnc6c(c5)=C(F)CCC=6)C4)ccc3C2=O)C(=O)N1. The van der Waals surface area contributed by atoms with Crippen molar-refractivity contribution in [3.05, 3.63) is 57.7 Å². The molecular weight excluding hydrogens is 463 g/mol. The molecule has 186 valence electrons. The maximum Gasteiger partial charge on any atom is 0.255 e. The number of carbonyl (C=O) groups excluding carboxylic acids is 3. The van der Waals surface area contributed by atoms with E-state index in [1.807, 2.05) is 24.4 Å². The number of aromatic nitrogens is 1. The number of fused-ring (bicyclic) bond motifs is 2. The number of hydrogen-bond acceptors (Lipinski definition) is 6. The van der Waals surface area contributed by atoms with E-state index in [2.05, 4.69) is 15.2 Å². The smallest absolute Gasteiger partial charge is 0.255 e. The van der Waals surface area contributed by atoms with Gasteiger partial charge in [-0.05, 0) is 54.7 Å². The highest BCUT2D eigenvalue weighted by Gasteiger charge is 2.39. The number of rotatable bonds is 5. The molecule has 9 heteroatoms. The van der Waals surface area contributed by atoms with Crippen molar-refractivity contribution in [3.63, 3.8) is 0 Å². The predicted octanol–water partition coefficient (Wildman–Crippen LogP) is 1.15. The van der Waals surface area contributed by atoms with Gasteiger partial charge in [0.1, 0.15) is 23.7 Å². The number of pyridine rings is 1. The molecule has 4 heterocycles. The summed E-state index contributed by atoms with van der Waals surface area (Å²) >= 11 is 0. The lowest BCUT2D eigenvalue weighted by atomic mass is 10.0. The molecule has 2 atom stereocenters. The summed E-state index contributed by atoms with van der Waals surface area (Å²) in [6.45, 7) is 2.62. The molecule has 1 aromatic carbocycles. The molecule has 2 aromatic rings. The van der Waals surface area contributed by atoms with Crippen LogP contribution in [0.4, 0.5) is 4.39 Å². The number of likely N-dealkylation sites (tertiary alicyclic amines) is 1. The first-order valence-electron chi connectivity index (χ1n) is 12.4. The monoisotopic (exact) mass is 490 g/mol. The van der Waals surface area contributed by atoms with Crippen molar-refractivity contribution >= 4 is 29.6 Å². The standard InChI is InChI=1S/C27H27FN4O4/c28-22-2-1-3-23-21(22)10-16(12-29-23)13-31-9-8-19(15-31)36-18-4-5-20-17(11-18)14-32(27(20)35)24-6-7-25(33)30-26(24)34/h3-5,10-12,19,24H,1-2,6-9,13-15H2,(H,30,33,34)/t19-,24?/m0/s1. The number of carbonyl (C=O) groups is 3. The van der Waals surface area contributed by atoms with Crippen molar-refractivity contribution in [2.75, 3.05) is 13.1 Å². The van der Waals surface area contributed by atoms with E-state index in [0.29, 0.717) is 48.9 Å². The summed E-state index contributed by atoms with van der Waals surface area (Å²) in [6, 6.07) is 6.72. The molecule has 0 saturated carbocycles. The van der Waals surface area contributed by atoms with E-state index >= 15 is 0 Å². The van der Waals surface area contributed by atoms with E-state index in [4.69, 9.17) is 4.74 Å². The van der Waals surface area contributed by atoms with Gasteiger partial charge in [0.05, 0.1) is 5.35 Å². The minimum Gasteiger partial charge on any atom is -0.489 e. The third-order valence-corrected chi connectivity index (χ3v) is 7.40. The molecule has 6 rings (SSSR count). The van der Waals surface area contributed by atoms with Crippen molar-refractivity contribution < 1.29 is 23.5 Å². The zero-order chi connectivity index (χ0) is 24.8. The van der Waals surface area contributed by atoms with Gasteiger partial charge >= 0.3 is 0 Å². The molecular formula is C27H27FN4O4. The van der Waals surface area contributed by atoms with Crippen LogP contribution in [0.2, 0.25) is 0 Å². The Kier molecular flexibility index (Phi) is 5.79. The molecule has 0 bridgehead atoms. The molecule has 0 radical (unpaired) electrons. The van der Waals surface area contributed by atoms with Crippen molar-refractivity contribution in [3.8, 4) is 5.75 Å². The normalized spacial score (nSPS) is 23.9. The summed E-state index contributed by atoms with van der Waals surface area (Å²) in [6.07, 6.45) is 6.39. The molecule has 8 nitrogen and oxygen atoms in total. The summed E-state index contributed by atoms with van der Waals surface area (Å²) in [5.74, 6) is -0.295. The summed E-state index contributed by atoms with van der Waals surface area (Å²) < 4.78 is 20.5. The summed E-state index contributed by atoms with van der Waals surface area (Å²) in [5.41, 5.74) is 2.39. The van der Waals surface area contributed by atoms with E-state index < -0.39 is 11.9 Å².